The van der Waals surface area contributed by atoms with Gasteiger partial charge < -0.3 is 10.6 Å². The number of carbonyl (C=O) groups excluding carboxylic acids is 3. The number of imide groups is 2. The zero-order chi connectivity index (χ0) is 17.8. The van der Waals surface area contributed by atoms with Crippen molar-refractivity contribution in [3.05, 3.63) is 23.8 Å². The van der Waals surface area contributed by atoms with Crippen molar-refractivity contribution in [1.82, 2.24) is 15.5 Å². The molecule has 8 heteroatoms. The number of amides is 4. The maximum Gasteiger partial charge on any atom is 0.328 e. The number of rotatable bonds is 1. The molecule has 1 atom stereocenters. The fourth-order valence-corrected chi connectivity index (χ4v) is 4.31. The number of hydrogen-bond acceptors (Lipinski definition) is 6. The molecule has 3 aliphatic rings. The summed E-state index contributed by atoms with van der Waals surface area (Å²) in [6.45, 7) is 5.07. The van der Waals surface area contributed by atoms with E-state index in [2.05, 4.69) is 27.4 Å². The third-order valence-corrected chi connectivity index (χ3v) is 5.63. The molecule has 1 spiro atoms. The van der Waals surface area contributed by atoms with Crippen LogP contribution in [-0.4, -0.2) is 55.0 Å². The molecule has 3 aliphatic heterocycles. The monoisotopic (exact) mass is 343 g/mol. The number of nitrogens with zero attached hydrogens (tertiary/aromatic N) is 2. The Labute approximate surface area is 145 Å². The smallest absolute Gasteiger partial charge is 0.328 e. The molecule has 0 aromatic heterocycles. The van der Waals surface area contributed by atoms with Gasteiger partial charge in [-0.15, -0.1) is 0 Å². The second-order valence-electron chi connectivity index (χ2n) is 6.88. The van der Waals surface area contributed by atoms with E-state index in [1.807, 2.05) is 18.2 Å². The van der Waals surface area contributed by atoms with Crippen LogP contribution < -0.4 is 21.3 Å². The average Bonchev–Trinajstić information content (AvgIpc) is 2.58. The lowest BCUT2D eigenvalue weighted by atomic mass is 9.68. The molecular weight excluding hydrogens is 322 g/mol. The van der Waals surface area contributed by atoms with Crippen molar-refractivity contribution < 1.29 is 14.4 Å². The number of anilines is 2. The van der Waals surface area contributed by atoms with Crippen LogP contribution in [0.1, 0.15) is 12.5 Å². The van der Waals surface area contributed by atoms with Crippen molar-refractivity contribution in [2.24, 2.45) is 5.41 Å². The van der Waals surface area contributed by atoms with Gasteiger partial charge in [0.05, 0.1) is 6.04 Å². The highest BCUT2D eigenvalue weighted by atomic mass is 16.2. The second kappa shape index (κ2) is 5.45. The van der Waals surface area contributed by atoms with Gasteiger partial charge in [0, 0.05) is 31.0 Å². The molecule has 2 fully saturated rings. The van der Waals surface area contributed by atoms with E-state index in [1.54, 1.807) is 0 Å². The molecule has 0 aliphatic carbocycles. The van der Waals surface area contributed by atoms with Crippen molar-refractivity contribution in [3.8, 4) is 0 Å². The van der Waals surface area contributed by atoms with E-state index in [0.717, 1.165) is 24.3 Å². The molecule has 2 saturated heterocycles. The molecular formula is C17H21N5O3. The van der Waals surface area contributed by atoms with Crippen molar-refractivity contribution in [2.75, 3.05) is 36.8 Å². The number of urea groups is 1. The largest absolute Gasteiger partial charge is 0.399 e. The van der Waals surface area contributed by atoms with Gasteiger partial charge in [-0.05, 0) is 36.7 Å². The van der Waals surface area contributed by atoms with Gasteiger partial charge in [0.15, 0.2) is 5.41 Å². The number of benzene rings is 1. The first kappa shape index (κ1) is 15.9. The maximum atomic E-state index is 12.9. The fourth-order valence-electron chi connectivity index (χ4n) is 4.31. The highest BCUT2D eigenvalue weighted by Gasteiger charge is 2.60. The SMILES string of the molecule is CCN1CCN2c3ccc(N)cc3CC3(C(=O)NC(=O)NC3=O)[C@H]2C1. The molecule has 0 saturated carbocycles. The van der Waals surface area contributed by atoms with Crippen LogP contribution in [0, 0.1) is 5.41 Å². The van der Waals surface area contributed by atoms with Gasteiger partial charge in [-0.3, -0.25) is 25.1 Å². The maximum absolute atomic E-state index is 12.9. The van der Waals surface area contributed by atoms with Gasteiger partial charge in [-0.1, -0.05) is 6.92 Å². The highest BCUT2D eigenvalue weighted by molar-refractivity contribution is 6.20. The van der Waals surface area contributed by atoms with E-state index >= 15 is 0 Å². The van der Waals surface area contributed by atoms with Gasteiger partial charge in [0.2, 0.25) is 11.8 Å². The minimum absolute atomic E-state index is 0.233. The van der Waals surface area contributed by atoms with Crippen LogP contribution >= 0.6 is 0 Å². The van der Waals surface area contributed by atoms with Crippen LogP contribution in [0.3, 0.4) is 0 Å². The summed E-state index contributed by atoms with van der Waals surface area (Å²) in [4.78, 5) is 41.7. The van der Waals surface area contributed by atoms with Crippen molar-refractivity contribution >= 4 is 29.2 Å². The molecule has 1 aromatic carbocycles. The molecule has 0 unspecified atom stereocenters. The minimum Gasteiger partial charge on any atom is -0.399 e. The number of carbonyl (C=O) groups is 3. The van der Waals surface area contributed by atoms with E-state index in [1.165, 1.54) is 0 Å². The predicted octanol–water partition coefficient (Wildman–Crippen LogP) is -0.312. The first-order valence-electron chi connectivity index (χ1n) is 8.50. The van der Waals surface area contributed by atoms with Crippen LogP contribution in [-0.2, 0) is 16.0 Å². The molecule has 132 valence electrons. The summed E-state index contributed by atoms with van der Waals surface area (Å²) >= 11 is 0. The van der Waals surface area contributed by atoms with E-state index in [0.29, 0.717) is 18.8 Å². The zero-order valence-corrected chi connectivity index (χ0v) is 14.0. The minimum atomic E-state index is -1.33. The average molecular weight is 343 g/mol. The molecule has 25 heavy (non-hydrogen) atoms. The summed E-state index contributed by atoms with van der Waals surface area (Å²) in [6, 6.07) is 4.52. The zero-order valence-electron chi connectivity index (χ0n) is 14.0. The number of likely N-dealkylation sites (N-methyl/N-ethyl adjacent to an activating group) is 1. The summed E-state index contributed by atoms with van der Waals surface area (Å²) in [6.07, 6.45) is 0.233. The summed E-state index contributed by atoms with van der Waals surface area (Å²) in [7, 11) is 0. The van der Waals surface area contributed by atoms with E-state index in [9.17, 15) is 14.4 Å². The highest BCUT2D eigenvalue weighted by Crippen LogP contribution is 2.44. The number of nitrogens with one attached hydrogen (secondary N) is 2. The Bertz CT molecular complexity index is 758. The summed E-state index contributed by atoms with van der Waals surface area (Å²) in [5.41, 5.74) is 7.05. The van der Waals surface area contributed by atoms with E-state index in [4.69, 9.17) is 5.73 Å². The Balaban J connectivity index is 1.86. The molecule has 0 bridgehead atoms. The van der Waals surface area contributed by atoms with Gasteiger partial charge in [0.1, 0.15) is 0 Å². The standard InChI is InChI=1S/C17H21N5O3/c1-2-21-5-6-22-12-4-3-11(18)7-10(12)8-17(13(22)9-21)14(23)19-16(25)20-15(17)24/h3-4,7,13H,2,5-6,8-9,18H2,1H3,(H2,19,20,23,24,25)/t13-/m1/s1. The Morgan fingerprint density at radius 2 is 1.92 bits per heavy atom. The van der Waals surface area contributed by atoms with Crippen LogP contribution in [0.15, 0.2) is 18.2 Å². The number of fused-ring (bicyclic) bond motifs is 4. The third-order valence-electron chi connectivity index (χ3n) is 5.63. The molecule has 4 amide bonds. The molecule has 0 radical (unpaired) electrons. The van der Waals surface area contributed by atoms with E-state index in [-0.39, 0.29) is 12.5 Å². The lowest BCUT2D eigenvalue weighted by molar-refractivity contribution is -0.147. The molecule has 3 heterocycles. The predicted molar refractivity (Wildman–Crippen MR) is 91.9 cm³/mol. The normalized spacial score (nSPS) is 25.2. The summed E-state index contributed by atoms with van der Waals surface area (Å²) < 4.78 is 0. The van der Waals surface area contributed by atoms with Gasteiger partial charge in [-0.25, -0.2) is 4.79 Å². The summed E-state index contributed by atoms with van der Waals surface area (Å²) in [5.74, 6) is -1.05. The molecule has 4 N–H and O–H groups in total. The third kappa shape index (κ3) is 2.21. The first-order chi connectivity index (χ1) is 12.0. The number of piperazine rings is 1. The Hall–Kier alpha value is -2.61. The number of nitrogens with two attached hydrogens (primary N) is 1. The van der Waals surface area contributed by atoms with Crippen LogP contribution in [0.2, 0.25) is 0 Å². The number of nitrogen functional groups attached to an aromatic ring is 1. The number of hydrogen-bond donors (Lipinski definition) is 3. The Kier molecular flexibility index (Phi) is 3.47. The first-order valence-corrected chi connectivity index (χ1v) is 8.50. The van der Waals surface area contributed by atoms with Crippen LogP contribution in [0.25, 0.3) is 0 Å². The van der Waals surface area contributed by atoms with Gasteiger partial charge in [0.25, 0.3) is 0 Å². The van der Waals surface area contributed by atoms with Crippen LogP contribution in [0.5, 0.6) is 0 Å². The van der Waals surface area contributed by atoms with Crippen molar-refractivity contribution in [1.29, 1.82) is 0 Å². The number of barbiturate groups is 1. The van der Waals surface area contributed by atoms with Crippen molar-refractivity contribution in [3.63, 3.8) is 0 Å². The molecule has 8 nitrogen and oxygen atoms in total. The lowest BCUT2D eigenvalue weighted by Crippen LogP contribution is -2.74. The quantitative estimate of drug-likeness (QED) is 0.477. The lowest BCUT2D eigenvalue weighted by Gasteiger charge is -2.54. The van der Waals surface area contributed by atoms with Gasteiger partial charge in [-0.2, -0.15) is 0 Å². The Morgan fingerprint density at radius 1 is 1.20 bits per heavy atom. The fraction of sp³-hybridized carbons (Fsp3) is 0.471. The molecule has 4 rings (SSSR count). The summed E-state index contributed by atoms with van der Waals surface area (Å²) in [5, 5.41) is 4.59. The van der Waals surface area contributed by atoms with Crippen LogP contribution in [0.4, 0.5) is 16.2 Å². The van der Waals surface area contributed by atoms with Gasteiger partial charge >= 0.3 is 6.03 Å². The topological polar surface area (TPSA) is 108 Å². The molecule has 1 aromatic rings. The second-order valence-corrected chi connectivity index (χ2v) is 6.88. The van der Waals surface area contributed by atoms with E-state index < -0.39 is 23.3 Å². The van der Waals surface area contributed by atoms with Crippen molar-refractivity contribution in [2.45, 2.75) is 19.4 Å². The Morgan fingerprint density at radius 3 is 2.60 bits per heavy atom.